The van der Waals surface area contributed by atoms with Gasteiger partial charge in [0.15, 0.2) is 5.78 Å². The van der Waals surface area contributed by atoms with Gasteiger partial charge in [-0.05, 0) is 12.8 Å². The van der Waals surface area contributed by atoms with Crippen molar-refractivity contribution in [3.63, 3.8) is 0 Å². The first-order valence-corrected chi connectivity index (χ1v) is 5.87. The van der Waals surface area contributed by atoms with Gasteiger partial charge in [-0.1, -0.05) is 0 Å². The van der Waals surface area contributed by atoms with Gasteiger partial charge in [0.05, 0.1) is 40.3 Å². The molecular formula is C12H21N2O+. The predicted molar refractivity (Wildman–Crippen MR) is 60.4 cm³/mol. The lowest BCUT2D eigenvalue weighted by Gasteiger charge is -2.41. The van der Waals surface area contributed by atoms with Crippen LogP contribution in [-0.2, 0) is 4.79 Å². The maximum Gasteiger partial charge on any atom is 0.157 e. The smallest absolute Gasteiger partial charge is 0.157 e. The Morgan fingerprint density at radius 3 is 2.47 bits per heavy atom. The molecule has 0 unspecified atom stereocenters. The zero-order chi connectivity index (χ0) is 10.9. The summed E-state index contributed by atoms with van der Waals surface area (Å²) < 4.78 is 1.11. The maximum absolute atomic E-state index is 11.3. The van der Waals surface area contributed by atoms with Gasteiger partial charge >= 0.3 is 0 Å². The number of nitrogens with zero attached hydrogens (tertiary/aromatic N) is 2. The van der Waals surface area contributed by atoms with E-state index in [1.807, 2.05) is 6.08 Å². The van der Waals surface area contributed by atoms with E-state index in [1.165, 1.54) is 18.8 Å². The molecule has 0 spiro atoms. The van der Waals surface area contributed by atoms with Crippen molar-refractivity contribution < 1.29 is 9.28 Å². The first-order chi connectivity index (χ1) is 7.07. The van der Waals surface area contributed by atoms with Crippen molar-refractivity contribution in [1.29, 1.82) is 0 Å². The summed E-state index contributed by atoms with van der Waals surface area (Å²) in [6.45, 7) is 4.58. The van der Waals surface area contributed by atoms with Crippen LogP contribution in [-0.4, -0.2) is 55.4 Å². The molecule has 1 aliphatic carbocycles. The van der Waals surface area contributed by atoms with Crippen LogP contribution in [0.15, 0.2) is 11.8 Å². The molecule has 0 radical (unpaired) electrons. The fraction of sp³-hybridized carbons (Fsp3) is 0.750. The molecule has 1 saturated heterocycles. The number of rotatable bonds is 1. The number of allylic oxidation sites excluding steroid dienone is 2. The van der Waals surface area contributed by atoms with Crippen LogP contribution in [0, 0.1) is 0 Å². The molecule has 84 valence electrons. The van der Waals surface area contributed by atoms with Crippen LogP contribution < -0.4 is 0 Å². The van der Waals surface area contributed by atoms with Gasteiger partial charge in [-0.15, -0.1) is 0 Å². The molecule has 0 bridgehead atoms. The van der Waals surface area contributed by atoms with Crippen LogP contribution in [0.25, 0.3) is 0 Å². The first kappa shape index (κ1) is 10.7. The molecule has 0 aromatic heterocycles. The van der Waals surface area contributed by atoms with Gasteiger partial charge in [-0.25, -0.2) is 0 Å². The van der Waals surface area contributed by atoms with Crippen molar-refractivity contribution >= 4 is 5.78 Å². The summed E-state index contributed by atoms with van der Waals surface area (Å²) >= 11 is 0. The van der Waals surface area contributed by atoms with Crippen molar-refractivity contribution in [3.8, 4) is 0 Å². The molecule has 0 amide bonds. The van der Waals surface area contributed by atoms with E-state index in [1.54, 1.807) is 0 Å². The van der Waals surface area contributed by atoms with Crippen LogP contribution in [0.4, 0.5) is 0 Å². The third-order valence-corrected chi connectivity index (χ3v) is 3.54. The Morgan fingerprint density at radius 2 is 1.87 bits per heavy atom. The summed E-state index contributed by atoms with van der Waals surface area (Å²) in [4.78, 5) is 13.7. The van der Waals surface area contributed by atoms with Crippen LogP contribution in [0.3, 0.4) is 0 Å². The van der Waals surface area contributed by atoms with E-state index in [4.69, 9.17) is 0 Å². The minimum atomic E-state index is 0.315. The lowest BCUT2D eigenvalue weighted by molar-refractivity contribution is -0.894. The predicted octanol–water partition coefficient (Wildman–Crippen LogP) is 1.02. The third kappa shape index (κ3) is 2.59. The Labute approximate surface area is 91.9 Å². The van der Waals surface area contributed by atoms with E-state index in [2.05, 4.69) is 19.0 Å². The topological polar surface area (TPSA) is 20.3 Å². The molecule has 1 heterocycles. The van der Waals surface area contributed by atoms with Gasteiger partial charge in [-0.2, -0.15) is 0 Å². The van der Waals surface area contributed by atoms with Crippen molar-refractivity contribution in [2.24, 2.45) is 0 Å². The highest BCUT2D eigenvalue weighted by Crippen LogP contribution is 2.21. The summed E-state index contributed by atoms with van der Waals surface area (Å²) in [5.41, 5.74) is 1.28. The Hall–Kier alpha value is -0.830. The van der Waals surface area contributed by atoms with E-state index in [9.17, 15) is 4.79 Å². The number of carbonyl (C=O) groups is 1. The summed E-state index contributed by atoms with van der Waals surface area (Å²) in [5.74, 6) is 0.315. The molecule has 0 saturated carbocycles. The zero-order valence-electron chi connectivity index (χ0n) is 9.83. The van der Waals surface area contributed by atoms with Gasteiger partial charge in [-0.3, -0.25) is 4.79 Å². The van der Waals surface area contributed by atoms with Gasteiger partial charge in [0.2, 0.25) is 0 Å². The fourth-order valence-corrected chi connectivity index (χ4v) is 2.32. The van der Waals surface area contributed by atoms with E-state index in [0.29, 0.717) is 5.78 Å². The van der Waals surface area contributed by atoms with Crippen molar-refractivity contribution in [2.45, 2.75) is 19.3 Å². The van der Waals surface area contributed by atoms with Crippen LogP contribution in [0.1, 0.15) is 19.3 Å². The Bertz CT molecular complexity index is 284. The molecule has 1 fully saturated rings. The number of carbonyl (C=O) groups excluding carboxylic acids is 1. The average molecular weight is 209 g/mol. The zero-order valence-corrected chi connectivity index (χ0v) is 9.83. The van der Waals surface area contributed by atoms with Gasteiger partial charge in [0.25, 0.3) is 0 Å². The molecule has 0 atom stereocenters. The van der Waals surface area contributed by atoms with Crippen molar-refractivity contribution in [2.75, 3.05) is 40.3 Å². The minimum absolute atomic E-state index is 0.315. The molecule has 2 rings (SSSR count). The van der Waals surface area contributed by atoms with E-state index < -0.39 is 0 Å². The fourth-order valence-electron chi connectivity index (χ4n) is 2.32. The Kier molecular flexibility index (Phi) is 2.83. The number of ketones is 1. The second-order valence-corrected chi connectivity index (χ2v) is 5.33. The van der Waals surface area contributed by atoms with Gasteiger partial charge in [0.1, 0.15) is 0 Å². The second kappa shape index (κ2) is 3.97. The molecule has 3 heteroatoms. The molecule has 3 nitrogen and oxygen atoms in total. The SMILES string of the molecule is C[N+]1(C)CCN(C2=CC(=O)CCC2)CC1. The van der Waals surface area contributed by atoms with E-state index >= 15 is 0 Å². The first-order valence-electron chi connectivity index (χ1n) is 5.87. The monoisotopic (exact) mass is 209 g/mol. The van der Waals surface area contributed by atoms with Gasteiger partial charge in [0, 0.05) is 18.2 Å². The summed E-state index contributed by atoms with van der Waals surface area (Å²) in [7, 11) is 4.55. The Morgan fingerprint density at radius 1 is 1.20 bits per heavy atom. The van der Waals surface area contributed by atoms with Crippen LogP contribution in [0.2, 0.25) is 0 Å². The minimum Gasteiger partial charge on any atom is -0.363 e. The molecule has 0 aromatic carbocycles. The summed E-state index contributed by atoms with van der Waals surface area (Å²) in [5, 5.41) is 0. The highest BCUT2D eigenvalue weighted by Gasteiger charge is 2.26. The third-order valence-electron chi connectivity index (χ3n) is 3.54. The van der Waals surface area contributed by atoms with Crippen molar-refractivity contribution in [3.05, 3.63) is 11.8 Å². The quantitative estimate of drug-likeness (QED) is 0.601. The lowest BCUT2D eigenvalue weighted by Crippen LogP contribution is -2.54. The lowest BCUT2D eigenvalue weighted by atomic mass is 10.0. The summed E-state index contributed by atoms with van der Waals surface area (Å²) in [6, 6.07) is 0. The largest absolute Gasteiger partial charge is 0.363 e. The van der Waals surface area contributed by atoms with Crippen molar-refractivity contribution in [1.82, 2.24) is 4.90 Å². The summed E-state index contributed by atoms with van der Waals surface area (Å²) in [6.07, 6.45) is 4.76. The molecular weight excluding hydrogens is 188 g/mol. The normalized spacial score (nSPS) is 26.4. The molecule has 15 heavy (non-hydrogen) atoms. The highest BCUT2D eigenvalue weighted by molar-refractivity contribution is 5.91. The van der Waals surface area contributed by atoms with Crippen LogP contribution >= 0.6 is 0 Å². The molecule has 0 aromatic rings. The molecule has 1 aliphatic heterocycles. The van der Waals surface area contributed by atoms with Gasteiger partial charge < -0.3 is 9.38 Å². The number of hydrogen-bond acceptors (Lipinski definition) is 2. The van der Waals surface area contributed by atoms with E-state index in [0.717, 1.165) is 36.8 Å². The highest BCUT2D eigenvalue weighted by atomic mass is 16.1. The maximum atomic E-state index is 11.3. The molecule has 0 N–H and O–H groups in total. The standard InChI is InChI=1S/C12H21N2O/c1-14(2)8-6-13(7-9-14)11-4-3-5-12(15)10-11/h10H,3-9H2,1-2H3/q+1. The number of likely N-dealkylation sites (N-methyl/N-ethyl adjacent to an activating group) is 1. The number of quaternary nitrogens is 1. The van der Waals surface area contributed by atoms with Crippen LogP contribution in [0.5, 0.6) is 0 Å². The number of piperazine rings is 1. The molecule has 2 aliphatic rings. The Balaban J connectivity index is 1.98. The van der Waals surface area contributed by atoms with E-state index in [-0.39, 0.29) is 0 Å². The number of hydrogen-bond donors (Lipinski definition) is 0. The average Bonchev–Trinajstić information content (AvgIpc) is 2.17. The second-order valence-electron chi connectivity index (χ2n) is 5.33.